The van der Waals surface area contributed by atoms with E-state index in [9.17, 15) is 0 Å². The van der Waals surface area contributed by atoms with E-state index in [4.69, 9.17) is 10.5 Å². The van der Waals surface area contributed by atoms with Gasteiger partial charge in [0.1, 0.15) is 5.01 Å². The number of aromatic nitrogens is 1. The molecule has 0 radical (unpaired) electrons. The van der Waals surface area contributed by atoms with Crippen molar-refractivity contribution in [2.24, 2.45) is 5.73 Å². The predicted molar refractivity (Wildman–Crippen MR) is 52.8 cm³/mol. The van der Waals surface area contributed by atoms with Gasteiger partial charge in [-0.15, -0.1) is 11.3 Å². The first-order valence-electron chi connectivity index (χ1n) is 4.47. The average molecular weight is 198 g/mol. The van der Waals surface area contributed by atoms with Gasteiger partial charge in [0.2, 0.25) is 0 Å². The van der Waals surface area contributed by atoms with Crippen LogP contribution in [-0.4, -0.2) is 18.2 Å². The summed E-state index contributed by atoms with van der Waals surface area (Å²) in [7, 11) is 0. The molecule has 1 fully saturated rings. The summed E-state index contributed by atoms with van der Waals surface area (Å²) >= 11 is 1.70. The van der Waals surface area contributed by atoms with Crippen LogP contribution in [0.5, 0.6) is 0 Å². The van der Waals surface area contributed by atoms with Crippen molar-refractivity contribution >= 4 is 11.3 Å². The number of thiazole rings is 1. The Labute approximate surface area is 81.9 Å². The smallest absolute Gasteiger partial charge is 0.101 e. The highest BCUT2D eigenvalue weighted by atomic mass is 32.1. The maximum absolute atomic E-state index is 5.52. The van der Waals surface area contributed by atoms with Crippen LogP contribution < -0.4 is 5.73 Å². The molecule has 3 nitrogen and oxygen atoms in total. The van der Waals surface area contributed by atoms with Crippen molar-refractivity contribution in [3.63, 3.8) is 0 Å². The van der Waals surface area contributed by atoms with Crippen molar-refractivity contribution in [3.8, 4) is 0 Å². The number of nitrogens with two attached hydrogens (primary N) is 1. The highest BCUT2D eigenvalue weighted by molar-refractivity contribution is 7.09. The van der Waals surface area contributed by atoms with Crippen LogP contribution in [0.15, 0.2) is 5.38 Å². The molecule has 13 heavy (non-hydrogen) atoms. The number of hydrogen-bond donors (Lipinski definition) is 1. The van der Waals surface area contributed by atoms with E-state index in [0.717, 1.165) is 25.3 Å². The van der Waals surface area contributed by atoms with Crippen LogP contribution in [0.2, 0.25) is 0 Å². The summed E-state index contributed by atoms with van der Waals surface area (Å²) in [6.45, 7) is 4.39. The second-order valence-corrected chi connectivity index (χ2v) is 4.57. The van der Waals surface area contributed by atoms with Gasteiger partial charge in [-0.25, -0.2) is 4.98 Å². The first kappa shape index (κ1) is 9.12. The van der Waals surface area contributed by atoms with E-state index in [1.807, 2.05) is 5.38 Å². The highest BCUT2D eigenvalue weighted by Crippen LogP contribution is 2.34. The fourth-order valence-electron chi connectivity index (χ4n) is 1.51. The lowest BCUT2D eigenvalue weighted by Gasteiger charge is -2.17. The Morgan fingerprint density at radius 2 is 2.62 bits per heavy atom. The van der Waals surface area contributed by atoms with E-state index < -0.39 is 0 Å². The maximum Gasteiger partial charge on any atom is 0.101 e. The molecule has 0 aliphatic carbocycles. The third-order valence-electron chi connectivity index (χ3n) is 2.50. The first-order chi connectivity index (χ1) is 6.24. The molecular formula is C9H14N2OS. The van der Waals surface area contributed by atoms with Gasteiger partial charge in [0, 0.05) is 23.9 Å². The topological polar surface area (TPSA) is 48.1 Å². The Balaban J connectivity index is 2.23. The van der Waals surface area contributed by atoms with Crippen molar-refractivity contribution in [1.29, 1.82) is 0 Å². The number of rotatable bonds is 2. The van der Waals surface area contributed by atoms with Gasteiger partial charge in [-0.3, -0.25) is 0 Å². The summed E-state index contributed by atoms with van der Waals surface area (Å²) < 4.78 is 5.39. The minimum atomic E-state index is 0.137. The molecule has 1 aliphatic rings. The lowest BCUT2D eigenvalue weighted by atomic mass is 9.91. The van der Waals surface area contributed by atoms with Crippen LogP contribution in [0, 0.1) is 0 Å². The standard InChI is InChI=1S/C9H14N2OS/c1-9(2-3-12-6-9)8-11-7(4-10)5-13-8/h5H,2-4,6,10H2,1H3. The predicted octanol–water partition coefficient (Wildman–Crippen LogP) is 1.28. The third kappa shape index (κ3) is 1.61. The number of nitrogens with zero attached hydrogens (tertiary/aromatic N) is 1. The van der Waals surface area contributed by atoms with Gasteiger partial charge < -0.3 is 10.5 Å². The van der Waals surface area contributed by atoms with E-state index >= 15 is 0 Å². The van der Waals surface area contributed by atoms with Gasteiger partial charge in [0.05, 0.1) is 12.3 Å². The van der Waals surface area contributed by atoms with Gasteiger partial charge in [0.25, 0.3) is 0 Å². The summed E-state index contributed by atoms with van der Waals surface area (Å²) in [6, 6.07) is 0. The van der Waals surface area contributed by atoms with Gasteiger partial charge in [-0.1, -0.05) is 6.92 Å². The number of hydrogen-bond acceptors (Lipinski definition) is 4. The third-order valence-corrected chi connectivity index (χ3v) is 3.69. The second kappa shape index (κ2) is 3.36. The largest absolute Gasteiger partial charge is 0.380 e. The lowest BCUT2D eigenvalue weighted by Crippen LogP contribution is -2.21. The van der Waals surface area contributed by atoms with Gasteiger partial charge >= 0.3 is 0 Å². The highest BCUT2D eigenvalue weighted by Gasteiger charge is 2.34. The SMILES string of the molecule is CC1(c2nc(CN)cs2)CCOC1. The number of ether oxygens (including phenoxy) is 1. The normalized spacial score (nSPS) is 28.2. The molecule has 1 aromatic rings. The van der Waals surface area contributed by atoms with Crippen LogP contribution in [0.25, 0.3) is 0 Å². The summed E-state index contributed by atoms with van der Waals surface area (Å²) in [5.74, 6) is 0. The summed E-state index contributed by atoms with van der Waals surface area (Å²) in [5.41, 5.74) is 6.65. The molecule has 0 aromatic carbocycles. The Morgan fingerprint density at radius 1 is 1.77 bits per heavy atom. The van der Waals surface area contributed by atoms with E-state index in [1.165, 1.54) is 5.01 Å². The zero-order valence-corrected chi connectivity index (χ0v) is 8.56. The van der Waals surface area contributed by atoms with Gasteiger partial charge in [0.15, 0.2) is 0 Å². The fraction of sp³-hybridized carbons (Fsp3) is 0.667. The summed E-state index contributed by atoms with van der Waals surface area (Å²) in [6.07, 6.45) is 1.07. The van der Waals surface area contributed by atoms with E-state index in [-0.39, 0.29) is 5.41 Å². The van der Waals surface area contributed by atoms with Crippen molar-refractivity contribution in [3.05, 3.63) is 16.1 Å². The van der Waals surface area contributed by atoms with Crippen LogP contribution in [0.4, 0.5) is 0 Å². The maximum atomic E-state index is 5.52. The Hall–Kier alpha value is -0.450. The Kier molecular flexibility index (Phi) is 2.36. The molecule has 2 N–H and O–H groups in total. The Bertz CT molecular complexity index is 292. The molecule has 2 heterocycles. The molecule has 1 aromatic heterocycles. The zero-order chi connectivity index (χ0) is 9.31. The molecule has 1 atom stereocenters. The fourth-order valence-corrected chi connectivity index (χ4v) is 2.53. The molecule has 2 rings (SSSR count). The quantitative estimate of drug-likeness (QED) is 0.778. The first-order valence-corrected chi connectivity index (χ1v) is 5.35. The minimum Gasteiger partial charge on any atom is -0.380 e. The van der Waals surface area contributed by atoms with Crippen LogP contribution >= 0.6 is 11.3 Å². The zero-order valence-electron chi connectivity index (χ0n) is 7.75. The van der Waals surface area contributed by atoms with Gasteiger partial charge in [-0.2, -0.15) is 0 Å². The van der Waals surface area contributed by atoms with Crippen LogP contribution in [-0.2, 0) is 16.7 Å². The molecule has 0 spiro atoms. The van der Waals surface area contributed by atoms with Crippen LogP contribution in [0.1, 0.15) is 24.0 Å². The lowest BCUT2D eigenvalue weighted by molar-refractivity contribution is 0.180. The molecule has 1 unspecified atom stereocenters. The molecule has 0 bridgehead atoms. The molecule has 1 aliphatic heterocycles. The molecule has 1 saturated heterocycles. The molecule has 0 amide bonds. The van der Waals surface area contributed by atoms with Gasteiger partial charge in [-0.05, 0) is 6.42 Å². The Morgan fingerprint density at radius 3 is 3.15 bits per heavy atom. The molecule has 72 valence electrons. The average Bonchev–Trinajstić information content (AvgIpc) is 2.72. The van der Waals surface area contributed by atoms with Crippen molar-refractivity contribution in [1.82, 2.24) is 4.98 Å². The van der Waals surface area contributed by atoms with Crippen molar-refractivity contribution in [2.45, 2.75) is 25.3 Å². The monoisotopic (exact) mass is 198 g/mol. The van der Waals surface area contributed by atoms with E-state index in [0.29, 0.717) is 6.54 Å². The van der Waals surface area contributed by atoms with E-state index in [2.05, 4.69) is 11.9 Å². The molecule has 4 heteroatoms. The van der Waals surface area contributed by atoms with Crippen molar-refractivity contribution < 1.29 is 4.74 Å². The van der Waals surface area contributed by atoms with Crippen molar-refractivity contribution in [2.75, 3.05) is 13.2 Å². The minimum absolute atomic E-state index is 0.137. The van der Waals surface area contributed by atoms with Crippen LogP contribution in [0.3, 0.4) is 0 Å². The summed E-state index contributed by atoms with van der Waals surface area (Å²) in [5, 5.41) is 3.21. The van der Waals surface area contributed by atoms with E-state index in [1.54, 1.807) is 11.3 Å². The summed E-state index contributed by atoms with van der Waals surface area (Å²) in [4.78, 5) is 4.50. The molecule has 0 saturated carbocycles. The molecular weight excluding hydrogens is 184 g/mol. The second-order valence-electron chi connectivity index (χ2n) is 3.71.